The van der Waals surface area contributed by atoms with Crippen LogP contribution in [0.3, 0.4) is 0 Å². The molecule has 0 radical (unpaired) electrons. The fourth-order valence-corrected chi connectivity index (χ4v) is 10.2. The van der Waals surface area contributed by atoms with E-state index in [4.69, 9.17) is 9.47 Å². The lowest BCUT2D eigenvalue weighted by Crippen LogP contribution is -2.25. The maximum Gasteiger partial charge on any atom is 0.119 e. The predicted octanol–water partition coefficient (Wildman–Crippen LogP) is 14.9. The third-order valence-electron chi connectivity index (χ3n) is 14.0. The first-order valence-electron chi connectivity index (χ1n) is 23.5. The van der Waals surface area contributed by atoms with Gasteiger partial charge in [0.15, 0.2) is 0 Å². The lowest BCUT2D eigenvalue weighted by molar-refractivity contribution is 0.154. The topological polar surface area (TPSA) is 18.5 Å². The van der Waals surface area contributed by atoms with E-state index in [1.807, 2.05) is 0 Å². The fraction of sp³-hybridized carbons (Fsp3) is 0.698. The van der Waals surface area contributed by atoms with E-state index in [0.29, 0.717) is 11.8 Å². The first kappa shape index (κ1) is 43.3. The van der Waals surface area contributed by atoms with Crippen molar-refractivity contribution in [2.75, 3.05) is 13.2 Å². The van der Waals surface area contributed by atoms with Gasteiger partial charge in [-0.15, -0.1) is 0 Å². The summed E-state index contributed by atoms with van der Waals surface area (Å²) in [5.41, 5.74) is 2.25. The Morgan fingerprint density at radius 1 is 0.436 bits per heavy atom. The monoisotopic (exact) mass is 747 g/mol. The molecule has 2 aromatic carbocycles. The van der Waals surface area contributed by atoms with Crippen molar-refractivity contribution >= 4 is 0 Å². The summed E-state index contributed by atoms with van der Waals surface area (Å²) in [6.45, 7) is 10.7. The molecule has 4 fully saturated rings. The fourth-order valence-electron chi connectivity index (χ4n) is 10.2. The SMILES string of the molecule is CCCCOc1ccc(C#CC2CCC(C3CCC(CC)CC3)CC2)cc1.CCCCOc1ccc(C#CC2CCC(C3CCC(CCC)CC3)CC2)cc1. The molecule has 0 bridgehead atoms. The van der Waals surface area contributed by atoms with E-state index in [1.54, 1.807) is 0 Å². The highest BCUT2D eigenvalue weighted by Crippen LogP contribution is 2.43. The summed E-state index contributed by atoms with van der Waals surface area (Å²) >= 11 is 0. The highest BCUT2D eigenvalue weighted by molar-refractivity contribution is 5.39. The molecular formula is C53H78O2. The van der Waals surface area contributed by atoms with E-state index >= 15 is 0 Å². The molecule has 4 saturated carbocycles. The van der Waals surface area contributed by atoms with Crippen LogP contribution in [0.15, 0.2) is 48.5 Å². The van der Waals surface area contributed by atoms with Crippen LogP contribution in [0, 0.1) is 71.0 Å². The normalized spacial score (nSPS) is 27.9. The van der Waals surface area contributed by atoms with Gasteiger partial charge in [0, 0.05) is 23.0 Å². The van der Waals surface area contributed by atoms with Gasteiger partial charge >= 0.3 is 0 Å². The van der Waals surface area contributed by atoms with Crippen molar-refractivity contribution in [3.05, 3.63) is 59.7 Å². The van der Waals surface area contributed by atoms with E-state index < -0.39 is 0 Å². The smallest absolute Gasteiger partial charge is 0.119 e. The molecule has 302 valence electrons. The quantitative estimate of drug-likeness (QED) is 0.150. The molecule has 55 heavy (non-hydrogen) atoms. The number of hydrogen-bond acceptors (Lipinski definition) is 2. The molecule has 0 aliphatic heterocycles. The van der Waals surface area contributed by atoms with Gasteiger partial charge in [-0.05, 0) is 174 Å². The maximum atomic E-state index is 5.74. The third-order valence-corrected chi connectivity index (χ3v) is 14.0. The van der Waals surface area contributed by atoms with Gasteiger partial charge in [0.25, 0.3) is 0 Å². The number of unbranched alkanes of at least 4 members (excludes halogenated alkanes) is 2. The van der Waals surface area contributed by atoms with Crippen LogP contribution >= 0.6 is 0 Å². The van der Waals surface area contributed by atoms with Gasteiger partial charge in [-0.3, -0.25) is 0 Å². The summed E-state index contributed by atoms with van der Waals surface area (Å²) in [7, 11) is 0. The summed E-state index contributed by atoms with van der Waals surface area (Å²) in [4.78, 5) is 0. The van der Waals surface area contributed by atoms with Gasteiger partial charge in [0.05, 0.1) is 13.2 Å². The van der Waals surface area contributed by atoms with Crippen molar-refractivity contribution in [2.45, 2.75) is 175 Å². The van der Waals surface area contributed by atoms with Crippen molar-refractivity contribution in [1.82, 2.24) is 0 Å². The first-order valence-corrected chi connectivity index (χ1v) is 23.5. The van der Waals surface area contributed by atoms with Crippen LogP contribution < -0.4 is 9.47 Å². The second-order valence-corrected chi connectivity index (χ2v) is 18.0. The molecule has 0 saturated heterocycles. The highest BCUT2D eigenvalue weighted by atomic mass is 16.5. The Bertz CT molecular complexity index is 1420. The summed E-state index contributed by atoms with van der Waals surface area (Å²) in [6, 6.07) is 16.7. The van der Waals surface area contributed by atoms with E-state index in [1.165, 1.54) is 135 Å². The Morgan fingerprint density at radius 2 is 0.800 bits per heavy atom. The Balaban J connectivity index is 0.000000211. The van der Waals surface area contributed by atoms with E-state index in [-0.39, 0.29) is 0 Å². The second kappa shape index (κ2) is 24.7. The number of ether oxygens (including phenoxy) is 2. The van der Waals surface area contributed by atoms with Gasteiger partial charge in [0.1, 0.15) is 11.5 Å². The minimum atomic E-state index is 0.605. The molecule has 0 spiro atoms. The molecule has 0 heterocycles. The number of hydrogen-bond donors (Lipinski definition) is 0. The van der Waals surface area contributed by atoms with Crippen LogP contribution in [0.1, 0.15) is 187 Å². The minimum Gasteiger partial charge on any atom is -0.494 e. The largest absolute Gasteiger partial charge is 0.494 e. The number of rotatable bonds is 13. The van der Waals surface area contributed by atoms with E-state index in [9.17, 15) is 0 Å². The first-order chi connectivity index (χ1) is 27.1. The summed E-state index contributed by atoms with van der Waals surface area (Å²) < 4.78 is 11.5. The molecular weight excluding hydrogens is 669 g/mol. The molecule has 0 unspecified atom stereocenters. The average Bonchev–Trinajstić information content (AvgIpc) is 3.24. The molecule has 4 aliphatic rings. The van der Waals surface area contributed by atoms with Gasteiger partial charge in [-0.1, -0.05) is 109 Å². The van der Waals surface area contributed by atoms with Crippen molar-refractivity contribution in [2.24, 2.45) is 47.3 Å². The van der Waals surface area contributed by atoms with Crippen LogP contribution in [0.25, 0.3) is 0 Å². The molecule has 2 heteroatoms. The highest BCUT2D eigenvalue weighted by Gasteiger charge is 2.31. The zero-order valence-corrected chi connectivity index (χ0v) is 35.7. The van der Waals surface area contributed by atoms with E-state index in [0.717, 1.165) is 84.2 Å². The lowest BCUT2D eigenvalue weighted by atomic mass is 9.69. The molecule has 2 nitrogen and oxygen atoms in total. The van der Waals surface area contributed by atoms with Gasteiger partial charge < -0.3 is 9.47 Å². The zero-order chi connectivity index (χ0) is 38.5. The van der Waals surface area contributed by atoms with Crippen LogP contribution in [-0.2, 0) is 0 Å². The Labute approximate surface area is 339 Å². The molecule has 6 rings (SSSR count). The van der Waals surface area contributed by atoms with Crippen molar-refractivity contribution < 1.29 is 9.47 Å². The Morgan fingerprint density at radius 3 is 1.15 bits per heavy atom. The van der Waals surface area contributed by atoms with Crippen LogP contribution in [0.4, 0.5) is 0 Å². The lowest BCUT2D eigenvalue weighted by Gasteiger charge is -2.37. The van der Waals surface area contributed by atoms with Crippen LogP contribution in [-0.4, -0.2) is 13.2 Å². The minimum absolute atomic E-state index is 0.605. The predicted molar refractivity (Wildman–Crippen MR) is 234 cm³/mol. The maximum absolute atomic E-state index is 5.74. The zero-order valence-electron chi connectivity index (χ0n) is 35.7. The molecule has 0 atom stereocenters. The van der Waals surface area contributed by atoms with Gasteiger partial charge in [-0.25, -0.2) is 0 Å². The molecule has 2 aromatic rings. The third kappa shape index (κ3) is 15.2. The molecule has 0 N–H and O–H groups in total. The standard InChI is InChI=1S/C27H40O.C26H38O/c1-3-5-21-28-27-19-13-24(14-20-27)8-7-23-11-17-26(18-12-23)25-15-9-22(6-4-2)10-16-25;1-3-5-20-27-26-18-12-23(13-19-26)7-6-22-10-16-25(17-11-22)24-14-8-21(4-2)9-15-24/h13-14,19-20,22-23,25-26H,3-6,9-12,15-18,21H2,1-2H3;12-13,18-19,21-22,24-25H,3-5,8-11,14-17,20H2,1-2H3. The summed E-state index contributed by atoms with van der Waals surface area (Å²) in [6.07, 6.45) is 31.6. The average molecular weight is 747 g/mol. The summed E-state index contributed by atoms with van der Waals surface area (Å²) in [5, 5.41) is 0. The molecule has 4 aliphatic carbocycles. The molecule has 0 amide bonds. The van der Waals surface area contributed by atoms with E-state index in [2.05, 4.69) is 99.9 Å². The van der Waals surface area contributed by atoms with Crippen molar-refractivity contribution in [3.63, 3.8) is 0 Å². The second-order valence-electron chi connectivity index (χ2n) is 18.0. The summed E-state index contributed by atoms with van der Waals surface area (Å²) in [5.74, 6) is 23.2. The Hall–Kier alpha value is -2.84. The van der Waals surface area contributed by atoms with Crippen molar-refractivity contribution in [1.29, 1.82) is 0 Å². The number of benzene rings is 2. The van der Waals surface area contributed by atoms with Gasteiger partial charge in [0.2, 0.25) is 0 Å². The van der Waals surface area contributed by atoms with Crippen LogP contribution in [0.2, 0.25) is 0 Å². The Kier molecular flexibility index (Phi) is 19.5. The van der Waals surface area contributed by atoms with Gasteiger partial charge in [-0.2, -0.15) is 0 Å². The molecule has 0 aromatic heterocycles. The van der Waals surface area contributed by atoms with Crippen molar-refractivity contribution in [3.8, 4) is 35.2 Å². The van der Waals surface area contributed by atoms with Crippen LogP contribution in [0.5, 0.6) is 11.5 Å².